The van der Waals surface area contributed by atoms with E-state index in [2.05, 4.69) is 5.32 Å². The maximum Gasteiger partial charge on any atom is 0.237 e. The van der Waals surface area contributed by atoms with Crippen LogP contribution in [0.15, 0.2) is 0 Å². The van der Waals surface area contributed by atoms with Crippen LogP contribution in [0, 0.1) is 5.92 Å². The van der Waals surface area contributed by atoms with Gasteiger partial charge in [-0.25, -0.2) is 0 Å². The molecule has 0 heterocycles. The smallest absolute Gasteiger partial charge is 0.237 e. The maximum absolute atomic E-state index is 11.5. The van der Waals surface area contributed by atoms with Crippen molar-refractivity contribution in [2.24, 2.45) is 11.7 Å². The standard InChI is InChI=1S/C10H22N2O2S/c1-7(2)5-9(11)10(13)12-8(3)6-15(4)14/h7-9H,5-6,11H2,1-4H3,(H,12,13)/t8?,9-,15?/m0/s1. The zero-order valence-corrected chi connectivity index (χ0v) is 10.8. The summed E-state index contributed by atoms with van der Waals surface area (Å²) in [5, 5.41) is 2.76. The van der Waals surface area contributed by atoms with Crippen LogP contribution in [0.25, 0.3) is 0 Å². The van der Waals surface area contributed by atoms with Gasteiger partial charge in [0.15, 0.2) is 0 Å². The Labute approximate surface area is 94.4 Å². The van der Waals surface area contributed by atoms with E-state index in [9.17, 15) is 9.00 Å². The highest BCUT2D eigenvalue weighted by molar-refractivity contribution is 7.84. The fourth-order valence-corrected chi connectivity index (χ4v) is 2.15. The quantitative estimate of drug-likeness (QED) is 0.691. The van der Waals surface area contributed by atoms with Crippen LogP contribution in [-0.4, -0.2) is 34.2 Å². The largest absolute Gasteiger partial charge is 0.351 e. The highest BCUT2D eigenvalue weighted by Gasteiger charge is 2.17. The molecule has 1 amide bonds. The van der Waals surface area contributed by atoms with Crippen LogP contribution in [0.2, 0.25) is 0 Å². The van der Waals surface area contributed by atoms with Crippen LogP contribution in [-0.2, 0) is 15.6 Å². The zero-order chi connectivity index (χ0) is 12.0. The highest BCUT2D eigenvalue weighted by atomic mass is 32.2. The van der Waals surface area contributed by atoms with Crippen molar-refractivity contribution in [1.29, 1.82) is 0 Å². The fraction of sp³-hybridized carbons (Fsp3) is 0.900. The molecule has 0 fully saturated rings. The van der Waals surface area contributed by atoms with Crippen molar-refractivity contribution in [2.45, 2.75) is 39.3 Å². The van der Waals surface area contributed by atoms with E-state index in [1.165, 1.54) is 0 Å². The van der Waals surface area contributed by atoms with Gasteiger partial charge in [-0.05, 0) is 19.3 Å². The van der Waals surface area contributed by atoms with Crippen molar-refractivity contribution in [2.75, 3.05) is 12.0 Å². The van der Waals surface area contributed by atoms with Gasteiger partial charge in [0.1, 0.15) is 0 Å². The predicted molar refractivity (Wildman–Crippen MR) is 64.0 cm³/mol. The lowest BCUT2D eigenvalue weighted by molar-refractivity contribution is -0.123. The zero-order valence-electron chi connectivity index (χ0n) is 9.95. The van der Waals surface area contributed by atoms with Gasteiger partial charge in [0, 0.05) is 28.9 Å². The third-order valence-corrected chi connectivity index (χ3v) is 2.90. The van der Waals surface area contributed by atoms with Gasteiger partial charge in [0.2, 0.25) is 5.91 Å². The molecule has 3 atom stereocenters. The minimum Gasteiger partial charge on any atom is -0.351 e. The van der Waals surface area contributed by atoms with Crippen molar-refractivity contribution >= 4 is 16.7 Å². The molecule has 0 aliphatic rings. The van der Waals surface area contributed by atoms with E-state index in [4.69, 9.17) is 5.73 Å². The summed E-state index contributed by atoms with van der Waals surface area (Å²) in [5.74, 6) is 0.725. The molecule has 0 radical (unpaired) electrons. The first-order valence-electron chi connectivity index (χ1n) is 5.19. The second-order valence-electron chi connectivity index (χ2n) is 4.39. The Morgan fingerprint density at radius 1 is 1.40 bits per heavy atom. The Morgan fingerprint density at radius 2 is 1.93 bits per heavy atom. The number of hydrogen-bond donors (Lipinski definition) is 2. The molecule has 15 heavy (non-hydrogen) atoms. The van der Waals surface area contributed by atoms with Crippen LogP contribution < -0.4 is 11.1 Å². The Bertz CT molecular complexity index is 231. The number of rotatable bonds is 6. The Balaban J connectivity index is 3.95. The van der Waals surface area contributed by atoms with Crippen LogP contribution in [0.5, 0.6) is 0 Å². The Hall–Kier alpha value is -0.420. The van der Waals surface area contributed by atoms with Gasteiger partial charge in [-0.2, -0.15) is 0 Å². The van der Waals surface area contributed by atoms with Crippen molar-refractivity contribution in [3.05, 3.63) is 0 Å². The molecule has 0 rings (SSSR count). The van der Waals surface area contributed by atoms with Crippen LogP contribution >= 0.6 is 0 Å². The molecule has 0 aromatic rings. The molecule has 4 nitrogen and oxygen atoms in total. The van der Waals surface area contributed by atoms with E-state index in [0.717, 1.165) is 0 Å². The molecular formula is C10H22N2O2S. The molecule has 90 valence electrons. The summed E-state index contributed by atoms with van der Waals surface area (Å²) >= 11 is 0. The first-order valence-corrected chi connectivity index (χ1v) is 6.91. The van der Waals surface area contributed by atoms with E-state index in [-0.39, 0.29) is 11.9 Å². The summed E-state index contributed by atoms with van der Waals surface area (Å²) in [4.78, 5) is 11.5. The minimum absolute atomic E-state index is 0.0819. The normalized spacial score (nSPS) is 17.2. The summed E-state index contributed by atoms with van der Waals surface area (Å²) in [6.45, 7) is 5.89. The van der Waals surface area contributed by atoms with Crippen LogP contribution in [0.3, 0.4) is 0 Å². The monoisotopic (exact) mass is 234 g/mol. The summed E-state index contributed by atoms with van der Waals surface area (Å²) in [5.41, 5.74) is 5.71. The lowest BCUT2D eigenvalue weighted by Crippen LogP contribution is -2.46. The van der Waals surface area contributed by atoms with Crippen molar-refractivity contribution < 1.29 is 9.00 Å². The van der Waals surface area contributed by atoms with Gasteiger partial charge in [-0.1, -0.05) is 13.8 Å². The van der Waals surface area contributed by atoms with Crippen molar-refractivity contribution in [1.82, 2.24) is 5.32 Å². The van der Waals surface area contributed by atoms with E-state index < -0.39 is 16.8 Å². The number of nitrogens with two attached hydrogens (primary N) is 1. The molecule has 2 unspecified atom stereocenters. The van der Waals surface area contributed by atoms with Crippen molar-refractivity contribution in [3.63, 3.8) is 0 Å². The third-order valence-electron chi connectivity index (χ3n) is 1.94. The van der Waals surface area contributed by atoms with Crippen molar-refractivity contribution in [3.8, 4) is 0 Å². The fourth-order valence-electron chi connectivity index (χ4n) is 1.36. The molecule has 0 aliphatic heterocycles. The molecular weight excluding hydrogens is 212 g/mol. The Morgan fingerprint density at radius 3 is 2.33 bits per heavy atom. The maximum atomic E-state index is 11.5. The second-order valence-corrected chi connectivity index (χ2v) is 5.87. The van der Waals surface area contributed by atoms with Gasteiger partial charge < -0.3 is 11.1 Å². The number of hydrogen-bond acceptors (Lipinski definition) is 3. The lowest BCUT2D eigenvalue weighted by atomic mass is 10.0. The molecule has 0 spiro atoms. The molecule has 0 saturated carbocycles. The number of carbonyl (C=O) groups is 1. The molecule has 0 bridgehead atoms. The number of carbonyl (C=O) groups excluding carboxylic acids is 1. The number of amides is 1. The van der Waals surface area contributed by atoms with E-state index >= 15 is 0 Å². The second kappa shape index (κ2) is 6.95. The third kappa shape index (κ3) is 7.50. The molecule has 0 aromatic heterocycles. The molecule has 0 saturated heterocycles. The first-order chi connectivity index (χ1) is 6.82. The van der Waals surface area contributed by atoms with E-state index in [1.54, 1.807) is 6.26 Å². The van der Waals surface area contributed by atoms with Gasteiger partial charge in [-0.3, -0.25) is 9.00 Å². The van der Waals surface area contributed by atoms with Crippen LogP contribution in [0.4, 0.5) is 0 Å². The minimum atomic E-state index is -0.892. The van der Waals surface area contributed by atoms with Gasteiger partial charge in [-0.15, -0.1) is 0 Å². The predicted octanol–water partition coefficient (Wildman–Crippen LogP) is 0.243. The molecule has 3 N–H and O–H groups in total. The number of nitrogens with one attached hydrogen (secondary N) is 1. The average Bonchev–Trinajstić information content (AvgIpc) is 2.00. The topological polar surface area (TPSA) is 72.2 Å². The SMILES string of the molecule is CC(C)C[C@H](N)C(=O)NC(C)CS(C)=O. The summed E-state index contributed by atoms with van der Waals surface area (Å²) < 4.78 is 10.9. The summed E-state index contributed by atoms with van der Waals surface area (Å²) in [6, 6.07) is -0.542. The first kappa shape index (κ1) is 14.6. The summed E-state index contributed by atoms with van der Waals surface area (Å²) in [6.07, 6.45) is 2.30. The summed E-state index contributed by atoms with van der Waals surface area (Å²) in [7, 11) is -0.892. The lowest BCUT2D eigenvalue weighted by Gasteiger charge is -2.17. The van der Waals surface area contributed by atoms with Gasteiger partial charge in [0.25, 0.3) is 0 Å². The highest BCUT2D eigenvalue weighted by Crippen LogP contribution is 2.02. The Kier molecular flexibility index (Phi) is 6.76. The molecule has 0 aromatic carbocycles. The average molecular weight is 234 g/mol. The molecule has 0 aliphatic carbocycles. The van der Waals surface area contributed by atoms with Gasteiger partial charge >= 0.3 is 0 Å². The molecule has 5 heteroatoms. The van der Waals surface area contributed by atoms with E-state index in [0.29, 0.717) is 18.1 Å². The van der Waals surface area contributed by atoms with Crippen LogP contribution in [0.1, 0.15) is 27.2 Å². The van der Waals surface area contributed by atoms with E-state index in [1.807, 2.05) is 20.8 Å². The van der Waals surface area contributed by atoms with Gasteiger partial charge in [0.05, 0.1) is 6.04 Å².